The van der Waals surface area contributed by atoms with Crippen LogP contribution >= 0.6 is 0 Å². The average Bonchev–Trinajstić information content (AvgIpc) is 2.52. The smallest absolute Gasteiger partial charge is 0.328 e. The van der Waals surface area contributed by atoms with Crippen molar-refractivity contribution in [3.8, 4) is 0 Å². The minimum Gasteiger partial charge on any atom is -0.481 e. The summed E-state index contributed by atoms with van der Waals surface area (Å²) >= 11 is 0. The first-order valence-electron chi connectivity index (χ1n) is 6.82. The Morgan fingerprint density at radius 3 is 2.35 bits per heavy atom. The van der Waals surface area contributed by atoms with E-state index in [1.165, 1.54) is 7.11 Å². The predicted molar refractivity (Wildman–Crippen MR) is 79.4 cm³/mol. The zero-order valence-electron chi connectivity index (χ0n) is 12.6. The molecule has 0 aliphatic rings. The van der Waals surface area contributed by atoms with Crippen molar-refractivity contribution in [1.82, 2.24) is 10.6 Å². The molecule has 1 aromatic carbocycles. The summed E-state index contributed by atoms with van der Waals surface area (Å²) in [6.45, 7) is -0.422. The van der Waals surface area contributed by atoms with Crippen molar-refractivity contribution in [2.45, 2.75) is 18.9 Å². The van der Waals surface area contributed by atoms with E-state index in [4.69, 9.17) is 5.11 Å². The summed E-state index contributed by atoms with van der Waals surface area (Å²) in [6.07, 6.45) is -0.486. The molecule has 8 heteroatoms. The van der Waals surface area contributed by atoms with Gasteiger partial charge in [0.25, 0.3) is 0 Å². The fourth-order valence-electron chi connectivity index (χ4n) is 1.81. The zero-order valence-corrected chi connectivity index (χ0v) is 12.6. The predicted octanol–water partition coefficient (Wildman–Crippen LogP) is -0.522. The molecule has 0 aliphatic heterocycles. The molecule has 8 nitrogen and oxygen atoms in total. The van der Waals surface area contributed by atoms with E-state index in [-0.39, 0.29) is 6.42 Å². The number of methoxy groups -OCH3 is 1. The minimum absolute atomic E-state index is 0.238. The van der Waals surface area contributed by atoms with E-state index in [1.54, 1.807) is 24.3 Å². The van der Waals surface area contributed by atoms with Crippen LogP contribution in [-0.2, 0) is 30.3 Å². The van der Waals surface area contributed by atoms with E-state index < -0.39 is 42.8 Å². The van der Waals surface area contributed by atoms with Crippen molar-refractivity contribution >= 4 is 23.8 Å². The number of hydrogen-bond donors (Lipinski definition) is 3. The summed E-state index contributed by atoms with van der Waals surface area (Å²) in [6, 6.07) is 8.14. The molecular formula is C15H18N2O6. The van der Waals surface area contributed by atoms with E-state index in [1.807, 2.05) is 6.07 Å². The topological polar surface area (TPSA) is 122 Å². The van der Waals surface area contributed by atoms with Crippen molar-refractivity contribution in [2.24, 2.45) is 0 Å². The molecule has 1 aromatic rings. The number of carboxylic acids is 1. The molecule has 0 fully saturated rings. The minimum atomic E-state index is -1.29. The Morgan fingerprint density at radius 1 is 1.13 bits per heavy atom. The van der Waals surface area contributed by atoms with Gasteiger partial charge in [-0.05, 0) is 5.56 Å². The molecule has 0 aromatic heterocycles. The summed E-state index contributed by atoms with van der Waals surface area (Å²) in [7, 11) is 1.21. The van der Waals surface area contributed by atoms with Gasteiger partial charge in [0.15, 0.2) is 0 Å². The van der Waals surface area contributed by atoms with Gasteiger partial charge in [0.1, 0.15) is 12.5 Å². The highest BCUT2D eigenvalue weighted by atomic mass is 16.5. The molecule has 2 amide bonds. The summed E-state index contributed by atoms with van der Waals surface area (Å²) in [5.74, 6) is -3.31. The Hall–Kier alpha value is -2.90. The number of carboxylic acid groups (broad SMARTS) is 1. The third-order valence-corrected chi connectivity index (χ3v) is 2.86. The van der Waals surface area contributed by atoms with Crippen LogP contribution in [0.1, 0.15) is 12.0 Å². The summed E-state index contributed by atoms with van der Waals surface area (Å²) < 4.78 is 4.64. The lowest BCUT2D eigenvalue weighted by molar-refractivity contribution is -0.144. The van der Waals surface area contributed by atoms with Crippen molar-refractivity contribution in [1.29, 1.82) is 0 Å². The van der Waals surface area contributed by atoms with Crippen molar-refractivity contribution in [3.05, 3.63) is 35.9 Å². The standard InChI is InChI=1S/C15H18N2O6/c1-23-15(22)11(7-10-5-3-2-4-6-10)17-13(19)9-16-12(18)8-14(20)21/h2-6,11H,7-9H2,1H3,(H,16,18)(H,17,19)(H,20,21)/t11-/m1/s1. The Morgan fingerprint density at radius 2 is 1.78 bits per heavy atom. The molecule has 0 unspecified atom stereocenters. The van der Waals surface area contributed by atoms with E-state index in [0.29, 0.717) is 0 Å². The number of nitrogens with one attached hydrogen (secondary N) is 2. The van der Waals surface area contributed by atoms with Crippen LogP contribution in [0.3, 0.4) is 0 Å². The number of amides is 2. The largest absolute Gasteiger partial charge is 0.481 e. The number of carbonyl (C=O) groups excluding carboxylic acids is 3. The number of rotatable bonds is 8. The third-order valence-electron chi connectivity index (χ3n) is 2.86. The Kier molecular flexibility index (Phi) is 7.25. The van der Waals surface area contributed by atoms with Gasteiger partial charge in [0, 0.05) is 6.42 Å². The highest BCUT2D eigenvalue weighted by Gasteiger charge is 2.22. The van der Waals surface area contributed by atoms with Crippen molar-refractivity contribution in [3.63, 3.8) is 0 Å². The number of hydrogen-bond acceptors (Lipinski definition) is 5. The second-order valence-electron chi connectivity index (χ2n) is 4.68. The molecule has 1 atom stereocenters. The molecule has 1 rings (SSSR count). The van der Waals surface area contributed by atoms with Crippen molar-refractivity contribution < 1.29 is 29.0 Å². The van der Waals surface area contributed by atoms with Gasteiger partial charge in [-0.3, -0.25) is 14.4 Å². The average molecular weight is 322 g/mol. The monoisotopic (exact) mass is 322 g/mol. The molecule has 124 valence electrons. The fraction of sp³-hybridized carbons (Fsp3) is 0.333. The maximum Gasteiger partial charge on any atom is 0.328 e. The molecule has 0 heterocycles. The first-order valence-corrected chi connectivity index (χ1v) is 6.82. The van der Waals surface area contributed by atoms with Gasteiger partial charge in [-0.1, -0.05) is 30.3 Å². The van der Waals surface area contributed by atoms with Crippen LogP contribution in [0.5, 0.6) is 0 Å². The van der Waals surface area contributed by atoms with E-state index in [0.717, 1.165) is 5.56 Å². The van der Waals surface area contributed by atoms with Gasteiger partial charge in [-0.25, -0.2) is 4.79 Å². The Labute approximate surface area is 132 Å². The van der Waals surface area contributed by atoms with Crippen LogP contribution in [0.4, 0.5) is 0 Å². The van der Waals surface area contributed by atoms with Gasteiger partial charge in [-0.15, -0.1) is 0 Å². The molecule has 0 saturated carbocycles. The van der Waals surface area contributed by atoms with Crippen molar-refractivity contribution in [2.75, 3.05) is 13.7 Å². The first kappa shape index (κ1) is 18.1. The SMILES string of the molecule is COC(=O)[C@@H](Cc1ccccc1)NC(=O)CNC(=O)CC(=O)O. The zero-order chi connectivity index (χ0) is 17.2. The first-order chi connectivity index (χ1) is 10.9. The van der Waals surface area contributed by atoms with E-state index in [2.05, 4.69) is 15.4 Å². The maximum atomic E-state index is 11.8. The third kappa shape index (κ3) is 7.07. The van der Waals surface area contributed by atoms with Crippen LogP contribution in [-0.4, -0.2) is 48.6 Å². The lowest BCUT2D eigenvalue weighted by Crippen LogP contribution is -2.47. The lowest BCUT2D eigenvalue weighted by Gasteiger charge is -2.16. The molecule has 0 spiro atoms. The van der Waals surface area contributed by atoms with E-state index in [9.17, 15) is 19.2 Å². The molecule has 23 heavy (non-hydrogen) atoms. The highest BCUT2D eigenvalue weighted by molar-refractivity contribution is 5.95. The number of carbonyl (C=O) groups is 4. The number of ether oxygens (including phenoxy) is 1. The van der Waals surface area contributed by atoms with Crippen LogP contribution in [0.15, 0.2) is 30.3 Å². The van der Waals surface area contributed by atoms with Crippen LogP contribution in [0.25, 0.3) is 0 Å². The molecular weight excluding hydrogens is 304 g/mol. The van der Waals surface area contributed by atoms with E-state index >= 15 is 0 Å². The molecule has 0 radical (unpaired) electrons. The summed E-state index contributed by atoms with van der Waals surface area (Å²) in [4.78, 5) is 45.0. The lowest BCUT2D eigenvalue weighted by atomic mass is 10.1. The maximum absolute atomic E-state index is 11.8. The van der Waals surface area contributed by atoms with Gasteiger partial charge in [0.2, 0.25) is 11.8 Å². The van der Waals surface area contributed by atoms with Crippen LogP contribution in [0, 0.1) is 0 Å². The van der Waals surface area contributed by atoms with Gasteiger partial charge >= 0.3 is 11.9 Å². The fourth-order valence-corrected chi connectivity index (χ4v) is 1.81. The summed E-state index contributed by atoms with van der Waals surface area (Å²) in [5, 5.41) is 13.0. The Balaban J connectivity index is 2.56. The van der Waals surface area contributed by atoms with Gasteiger partial charge in [0.05, 0.1) is 13.7 Å². The van der Waals surface area contributed by atoms with Gasteiger partial charge < -0.3 is 20.5 Å². The normalized spacial score (nSPS) is 11.2. The number of benzene rings is 1. The highest BCUT2D eigenvalue weighted by Crippen LogP contribution is 2.04. The van der Waals surface area contributed by atoms with Gasteiger partial charge in [-0.2, -0.15) is 0 Å². The quantitative estimate of drug-likeness (QED) is 0.437. The van der Waals surface area contributed by atoms with Crippen LogP contribution < -0.4 is 10.6 Å². The second kappa shape index (κ2) is 9.19. The molecule has 3 N–H and O–H groups in total. The number of aliphatic carboxylic acids is 1. The van der Waals surface area contributed by atoms with Crippen LogP contribution in [0.2, 0.25) is 0 Å². The second-order valence-corrected chi connectivity index (χ2v) is 4.68. The summed E-state index contributed by atoms with van der Waals surface area (Å²) in [5.41, 5.74) is 0.832. The Bertz CT molecular complexity index is 573. The molecule has 0 aliphatic carbocycles. The molecule has 0 saturated heterocycles. The number of esters is 1. The molecule has 0 bridgehead atoms.